The lowest BCUT2D eigenvalue weighted by molar-refractivity contribution is 0.518. The lowest BCUT2D eigenvalue weighted by Gasteiger charge is -2.13. The fourth-order valence-corrected chi connectivity index (χ4v) is 1.54. The Bertz CT molecular complexity index is 254. The number of nitrogens with one attached hydrogen (secondary N) is 1. The van der Waals surface area contributed by atoms with Crippen LogP contribution < -0.4 is 5.32 Å². The van der Waals surface area contributed by atoms with Gasteiger partial charge in [0.05, 0.1) is 0 Å². The van der Waals surface area contributed by atoms with E-state index in [1.165, 1.54) is 12.8 Å². The molecule has 0 fully saturated rings. The molecule has 0 aliphatic heterocycles. The van der Waals surface area contributed by atoms with Gasteiger partial charge < -0.3 is 5.32 Å². The van der Waals surface area contributed by atoms with Crippen LogP contribution in [-0.4, -0.2) is 11.5 Å². The van der Waals surface area contributed by atoms with Crippen LogP contribution in [0, 0.1) is 5.92 Å². The Kier molecular flexibility index (Phi) is 4.94. The van der Waals surface area contributed by atoms with E-state index in [2.05, 4.69) is 40.1 Å². The van der Waals surface area contributed by atoms with E-state index >= 15 is 0 Å². The second-order valence-electron chi connectivity index (χ2n) is 3.43. The molecule has 0 spiro atoms. The molecule has 0 amide bonds. The average molecular weight is 257 g/mol. The third kappa shape index (κ3) is 3.66. The van der Waals surface area contributed by atoms with Crippen LogP contribution in [0.2, 0.25) is 0 Å². The van der Waals surface area contributed by atoms with E-state index in [0.29, 0.717) is 0 Å². The molecule has 0 aliphatic carbocycles. The van der Waals surface area contributed by atoms with Gasteiger partial charge in [-0.2, -0.15) is 0 Å². The fraction of sp³-hybridized carbons (Fsp3) is 0.545. The predicted octanol–water partition coefficient (Wildman–Crippen LogP) is 3.69. The molecule has 3 heteroatoms. The number of pyridine rings is 1. The van der Waals surface area contributed by atoms with E-state index in [0.717, 1.165) is 22.8 Å². The molecule has 0 saturated heterocycles. The van der Waals surface area contributed by atoms with Crippen molar-refractivity contribution in [2.24, 2.45) is 5.92 Å². The zero-order chi connectivity index (χ0) is 10.4. The zero-order valence-corrected chi connectivity index (χ0v) is 10.3. The molecule has 0 atom stereocenters. The van der Waals surface area contributed by atoms with Crippen molar-refractivity contribution in [2.75, 3.05) is 11.9 Å². The highest BCUT2D eigenvalue weighted by Crippen LogP contribution is 2.12. The lowest BCUT2D eigenvalue weighted by Crippen LogP contribution is -2.13. The van der Waals surface area contributed by atoms with E-state index < -0.39 is 0 Å². The lowest BCUT2D eigenvalue weighted by atomic mass is 10.0. The number of anilines is 1. The maximum atomic E-state index is 4.26. The summed E-state index contributed by atoms with van der Waals surface area (Å²) in [5.74, 6) is 1.71. The minimum atomic E-state index is 0.750. The molecule has 1 aromatic heterocycles. The van der Waals surface area contributed by atoms with E-state index in [1.54, 1.807) is 0 Å². The second kappa shape index (κ2) is 6.02. The number of halogens is 1. The largest absolute Gasteiger partial charge is 0.370 e. The number of hydrogen-bond acceptors (Lipinski definition) is 2. The van der Waals surface area contributed by atoms with Crippen LogP contribution in [-0.2, 0) is 0 Å². The topological polar surface area (TPSA) is 24.9 Å². The molecule has 1 heterocycles. The maximum Gasteiger partial charge on any atom is 0.125 e. The molecule has 0 radical (unpaired) electrons. The first-order chi connectivity index (χ1) is 6.76. The van der Waals surface area contributed by atoms with Gasteiger partial charge in [0.15, 0.2) is 0 Å². The van der Waals surface area contributed by atoms with Crippen LogP contribution in [0.1, 0.15) is 26.7 Å². The average Bonchev–Trinajstić information content (AvgIpc) is 2.22. The van der Waals surface area contributed by atoms with Gasteiger partial charge in [0.2, 0.25) is 0 Å². The fourth-order valence-electron chi connectivity index (χ4n) is 1.31. The summed E-state index contributed by atoms with van der Waals surface area (Å²) < 4.78 is 1.02. The molecule has 1 rings (SSSR count). The van der Waals surface area contributed by atoms with Gasteiger partial charge in [-0.3, -0.25) is 0 Å². The van der Waals surface area contributed by atoms with Crippen molar-refractivity contribution < 1.29 is 0 Å². The van der Waals surface area contributed by atoms with Gasteiger partial charge in [-0.1, -0.05) is 26.7 Å². The highest BCUT2D eigenvalue weighted by molar-refractivity contribution is 9.10. The van der Waals surface area contributed by atoms with Crippen LogP contribution in [0.3, 0.4) is 0 Å². The minimum absolute atomic E-state index is 0.750. The highest BCUT2D eigenvalue weighted by atomic mass is 79.9. The Morgan fingerprint density at radius 2 is 2.07 bits per heavy atom. The summed E-state index contributed by atoms with van der Waals surface area (Å²) in [6, 6.07) is 3.99. The van der Waals surface area contributed by atoms with E-state index in [9.17, 15) is 0 Å². The van der Waals surface area contributed by atoms with Gasteiger partial charge in [-0.15, -0.1) is 0 Å². The molecule has 78 valence electrons. The Balaban J connectivity index is 2.41. The van der Waals surface area contributed by atoms with Crippen LogP contribution in [0.15, 0.2) is 22.8 Å². The van der Waals surface area contributed by atoms with Crippen LogP contribution in [0.4, 0.5) is 5.82 Å². The van der Waals surface area contributed by atoms with Gasteiger partial charge in [-0.05, 0) is 34.0 Å². The molecule has 2 nitrogen and oxygen atoms in total. The monoisotopic (exact) mass is 256 g/mol. The normalized spacial score (nSPS) is 10.6. The Hall–Kier alpha value is -0.570. The summed E-state index contributed by atoms with van der Waals surface area (Å²) in [7, 11) is 0. The van der Waals surface area contributed by atoms with Gasteiger partial charge >= 0.3 is 0 Å². The molecule has 0 unspecified atom stereocenters. The molecule has 0 saturated carbocycles. The summed E-state index contributed by atoms with van der Waals surface area (Å²) in [6.45, 7) is 5.47. The number of rotatable bonds is 5. The Morgan fingerprint density at radius 3 is 2.57 bits per heavy atom. The maximum absolute atomic E-state index is 4.26. The Morgan fingerprint density at radius 1 is 1.36 bits per heavy atom. The van der Waals surface area contributed by atoms with Gasteiger partial charge in [-0.25, -0.2) is 4.98 Å². The van der Waals surface area contributed by atoms with Gasteiger partial charge in [0, 0.05) is 17.2 Å². The predicted molar refractivity (Wildman–Crippen MR) is 64.5 cm³/mol. The third-order valence-corrected chi connectivity index (χ3v) is 2.92. The van der Waals surface area contributed by atoms with Crippen molar-refractivity contribution in [3.8, 4) is 0 Å². The summed E-state index contributed by atoms with van der Waals surface area (Å²) in [6.07, 6.45) is 4.26. The van der Waals surface area contributed by atoms with Crippen LogP contribution in [0.25, 0.3) is 0 Å². The molecule has 14 heavy (non-hydrogen) atoms. The first-order valence-electron chi connectivity index (χ1n) is 5.11. The molecule has 0 bridgehead atoms. The van der Waals surface area contributed by atoms with E-state index in [4.69, 9.17) is 0 Å². The highest BCUT2D eigenvalue weighted by Gasteiger charge is 2.02. The zero-order valence-electron chi connectivity index (χ0n) is 8.76. The van der Waals surface area contributed by atoms with Gasteiger partial charge in [0.25, 0.3) is 0 Å². The first-order valence-corrected chi connectivity index (χ1v) is 5.91. The smallest absolute Gasteiger partial charge is 0.125 e. The SMILES string of the molecule is CCC(CC)CNc1ccc(Br)cn1. The molecule has 1 aromatic rings. The van der Waals surface area contributed by atoms with E-state index in [-0.39, 0.29) is 0 Å². The summed E-state index contributed by atoms with van der Waals surface area (Å²) >= 11 is 3.36. The first kappa shape index (κ1) is 11.5. The summed E-state index contributed by atoms with van der Waals surface area (Å²) in [5, 5.41) is 3.34. The third-order valence-electron chi connectivity index (χ3n) is 2.45. The van der Waals surface area contributed by atoms with Crippen molar-refractivity contribution in [1.82, 2.24) is 4.98 Å². The second-order valence-corrected chi connectivity index (χ2v) is 4.34. The van der Waals surface area contributed by atoms with Crippen LogP contribution >= 0.6 is 15.9 Å². The molecular formula is C11H17BrN2. The molecule has 1 N–H and O–H groups in total. The van der Waals surface area contributed by atoms with Gasteiger partial charge in [0.1, 0.15) is 5.82 Å². The summed E-state index contributed by atoms with van der Waals surface area (Å²) in [5.41, 5.74) is 0. The minimum Gasteiger partial charge on any atom is -0.370 e. The van der Waals surface area contributed by atoms with Crippen molar-refractivity contribution in [1.29, 1.82) is 0 Å². The molecular weight excluding hydrogens is 240 g/mol. The molecule has 0 aliphatic rings. The van der Waals surface area contributed by atoms with Crippen molar-refractivity contribution in [3.05, 3.63) is 22.8 Å². The van der Waals surface area contributed by atoms with Crippen molar-refractivity contribution in [2.45, 2.75) is 26.7 Å². The number of nitrogens with zero attached hydrogens (tertiary/aromatic N) is 1. The standard InChI is InChI=1S/C11H17BrN2/c1-3-9(4-2)7-13-11-6-5-10(12)8-14-11/h5-6,8-9H,3-4,7H2,1-2H3,(H,13,14). The quantitative estimate of drug-likeness (QED) is 0.870. The van der Waals surface area contributed by atoms with Crippen molar-refractivity contribution in [3.63, 3.8) is 0 Å². The Labute approximate surface area is 94.3 Å². The van der Waals surface area contributed by atoms with Crippen molar-refractivity contribution >= 4 is 21.7 Å². The number of hydrogen-bond donors (Lipinski definition) is 1. The number of aromatic nitrogens is 1. The van der Waals surface area contributed by atoms with Crippen LogP contribution in [0.5, 0.6) is 0 Å². The van der Waals surface area contributed by atoms with E-state index in [1.807, 2.05) is 18.3 Å². The molecule has 0 aromatic carbocycles. The summed E-state index contributed by atoms with van der Waals surface area (Å²) in [4.78, 5) is 4.26.